The Morgan fingerprint density at radius 2 is 0.511 bits per heavy atom. The predicted molar refractivity (Wildman–Crippen MR) is 412 cm³/mol. The molecule has 2 aliphatic rings. The molecule has 92 heavy (non-hydrogen) atoms. The minimum Gasteiger partial charge on any atom is -0.399 e. The van der Waals surface area contributed by atoms with E-state index in [9.17, 15) is 0 Å². The van der Waals surface area contributed by atoms with Crippen molar-refractivity contribution in [2.75, 3.05) is 0 Å². The summed E-state index contributed by atoms with van der Waals surface area (Å²) < 4.78 is 29.8. The lowest BCUT2D eigenvalue weighted by molar-refractivity contribution is 0.00578. The smallest absolute Gasteiger partial charge is 0.399 e. The molecule has 0 saturated carbocycles. The lowest BCUT2D eigenvalue weighted by Crippen LogP contribution is -2.41. The normalized spacial score (nSPS) is 17.8. The third kappa shape index (κ3) is 16.8. The maximum Gasteiger partial charge on any atom is 0.495 e. The fraction of sp³-hybridized carbons (Fsp3) is 0.619. The Morgan fingerprint density at radius 3 is 0.761 bits per heavy atom. The number of hydrogen-bond acceptors (Lipinski definition) is 4. The molecule has 0 aliphatic carbocycles. The maximum atomic E-state index is 6.82. The van der Waals surface area contributed by atoms with Crippen LogP contribution in [0.1, 0.15) is 263 Å². The average molecular weight is 1380 g/mol. The molecule has 8 aromatic rings. The van der Waals surface area contributed by atoms with Crippen molar-refractivity contribution in [1.82, 2.24) is 0 Å². The summed E-state index contributed by atoms with van der Waals surface area (Å²) in [6, 6.07) is 28.7. The standard InChI is InChI=1S/C48H72B2O4.C36H48Br2/c1-31(2)17-15-19-33(5)21-23-35-29-41(49-51-45(7,8)46(9,10)52-49)39-28-26-38-36(24-22-34(6)20-16-18-32(3)4)30-42(40-27-25-37(35)43(39)44(38)40)50-53-47(11,12)48(13,14)54-50;1-23(2)9-7-11-25(5)13-15-27-21-33(37)31-20-18-30-28(16-14-26(6)12-8-10-24(3)4)22-34(38)32-19-17-29(27)35(31)36(30)32/h25-34H,15-24H2,1-14H3;17-26H,7-16H2,1-6H3. The van der Waals surface area contributed by atoms with Crippen molar-refractivity contribution >= 4 is 122 Å². The van der Waals surface area contributed by atoms with Crippen molar-refractivity contribution in [3.05, 3.63) is 104 Å². The Morgan fingerprint density at radius 1 is 0.293 bits per heavy atom. The van der Waals surface area contributed by atoms with Crippen LogP contribution in [-0.4, -0.2) is 36.6 Å². The Balaban J connectivity index is 0.000000231. The van der Waals surface area contributed by atoms with Crippen LogP contribution in [0.2, 0.25) is 0 Å². The van der Waals surface area contributed by atoms with Crippen LogP contribution in [0, 0.1) is 47.3 Å². The molecule has 2 heterocycles. The Hall–Kier alpha value is -3.23. The van der Waals surface area contributed by atoms with E-state index in [0.29, 0.717) is 11.8 Å². The fourth-order valence-corrected chi connectivity index (χ4v) is 16.3. The van der Waals surface area contributed by atoms with Gasteiger partial charge in [0.1, 0.15) is 0 Å². The largest absolute Gasteiger partial charge is 0.495 e. The number of benzene rings is 8. The van der Waals surface area contributed by atoms with Crippen LogP contribution in [-0.2, 0) is 44.3 Å². The first kappa shape index (κ1) is 73.0. The summed E-state index contributed by atoms with van der Waals surface area (Å²) in [6.07, 6.45) is 25.1. The van der Waals surface area contributed by atoms with E-state index in [4.69, 9.17) is 18.6 Å². The van der Waals surface area contributed by atoms with Crippen LogP contribution in [0.15, 0.2) is 81.7 Å². The summed E-state index contributed by atoms with van der Waals surface area (Å²) in [5.41, 5.74) is 6.41. The monoisotopic (exact) mass is 1370 g/mol. The second-order valence-corrected chi connectivity index (χ2v) is 35.2. The number of rotatable bonds is 30. The van der Waals surface area contributed by atoms with E-state index in [-0.39, 0.29) is 0 Å². The molecule has 4 atom stereocenters. The van der Waals surface area contributed by atoms with E-state index in [1.54, 1.807) is 0 Å². The van der Waals surface area contributed by atoms with Crippen LogP contribution >= 0.6 is 31.9 Å². The quantitative estimate of drug-likeness (QED) is 0.0332. The minimum absolute atomic E-state index is 0.421. The van der Waals surface area contributed by atoms with Gasteiger partial charge in [0.05, 0.1) is 22.4 Å². The third-order valence-electron chi connectivity index (χ3n) is 22.7. The molecule has 8 heteroatoms. The van der Waals surface area contributed by atoms with Crippen LogP contribution in [0.5, 0.6) is 0 Å². The van der Waals surface area contributed by atoms with Gasteiger partial charge in [-0.2, -0.15) is 0 Å². The Kier molecular flexibility index (Phi) is 24.3. The summed E-state index contributed by atoms with van der Waals surface area (Å²) in [5.74, 6) is 6.04. The molecule has 2 fully saturated rings. The molecule has 0 radical (unpaired) electrons. The molecule has 0 spiro atoms. The number of hydrogen-bond donors (Lipinski definition) is 0. The lowest BCUT2D eigenvalue weighted by Gasteiger charge is -2.32. The van der Waals surface area contributed by atoms with Gasteiger partial charge in [0, 0.05) is 8.95 Å². The van der Waals surface area contributed by atoms with E-state index in [2.05, 4.69) is 243 Å². The van der Waals surface area contributed by atoms with Gasteiger partial charge < -0.3 is 18.6 Å². The van der Waals surface area contributed by atoms with E-state index in [1.807, 2.05) is 0 Å². The average Bonchev–Trinajstić information content (AvgIpc) is 0.992. The van der Waals surface area contributed by atoms with Crippen molar-refractivity contribution < 1.29 is 18.6 Å². The van der Waals surface area contributed by atoms with Gasteiger partial charge in [-0.05, 0) is 264 Å². The molecule has 4 nitrogen and oxygen atoms in total. The van der Waals surface area contributed by atoms with E-state index in [0.717, 1.165) is 72.1 Å². The summed E-state index contributed by atoms with van der Waals surface area (Å²) in [5, 5.41) is 16.3. The second-order valence-electron chi connectivity index (χ2n) is 33.5. The van der Waals surface area contributed by atoms with Gasteiger partial charge in [-0.15, -0.1) is 0 Å². The summed E-state index contributed by atoms with van der Waals surface area (Å²) in [4.78, 5) is 0. The molecule has 0 N–H and O–H groups in total. The van der Waals surface area contributed by atoms with E-state index >= 15 is 0 Å². The number of aryl methyl sites for hydroxylation is 4. The zero-order valence-corrected chi connectivity index (χ0v) is 64.4. The van der Waals surface area contributed by atoms with Crippen molar-refractivity contribution in [1.29, 1.82) is 0 Å². The summed E-state index contributed by atoms with van der Waals surface area (Å²) >= 11 is 7.93. The zero-order valence-electron chi connectivity index (χ0n) is 61.2. The Bertz CT molecular complexity index is 3450. The van der Waals surface area contributed by atoms with Gasteiger partial charge in [0.15, 0.2) is 0 Å². The molecule has 8 aromatic carbocycles. The van der Waals surface area contributed by atoms with Gasteiger partial charge in [0.25, 0.3) is 0 Å². The second kappa shape index (κ2) is 30.7. The molecule has 0 bridgehead atoms. The van der Waals surface area contributed by atoms with E-state index in [1.165, 1.54) is 199 Å². The van der Waals surface area contributed by atoms with Crippen LogP contribution in [0.25, 0.3) is 64.6 Å². The van der Waals surface area contributed by atoms with Crippen molar-refractivity contribution in [3.63, 3.8) is 0 Å². The maximum absolute atomic E-state index is 6.82. The highest BCUT2D eigenvalue weighted by atomic mass is 79.9. The number of halogens is 2. The molecule has 10 rings (SSSR count). The predicted octanol–water partition coefficient (Wildman–Crippen LogP) is 24.9. The SMILES string of the molecule is CC(C)CCCC(C)CCc1cc(B2OC(C)(C)C(C)(C)O2)c2ccc3c(CCC(C)CCCC(C)C)cc(B4OC(C)(C)C(C)(C)O4)c4ccc1c2c34.CC(C)CCCC(C)CCc1cc(Br)c2ccc3c(CCC(C)CCCC(C)C)cc(Br)c4ccc1c2c43. The van der Waals surface area contributed by atoms with Crippen LogP contribution < -0.4 is 10.9 Å². The summed E-state index contributed by atoms with van der Waals surface area (Å²) in [6.45, 7) is 45.8. The highest BCUT2D eigenvalue weighted by molar-refractivity contribution is 9.11. The first-order valence-electron chi connectivity index (χ1n) is 36.9. The molecule has 2 saturated heterocycles. The first-order valence-corrected chi connectivity index (χ1v) is 38.5. The fourth-order valence-electron chi connectivity index (χ4n) is 15.1. The molecule has 4 unspecified atom stereocenters. The summed E-state index contributed by atoms with van der Waals surface area (Å²) in [7, 11) is -0.869. The van der Waals surface area contributed by atoms with Crippen molar-refractivity contribution in [3.8, 4) is 0 Å². The van der Waals surface area contributed by atoms with Gasteiger partial charge in [-0.25, -0.2) is 0 Å². The molecule has 0 aromatic heterocycles. The zero-order chi connectivity index (χ0) is 66.8. The van der Waals surface area contributed by atoms with Gasteiger partial charge in [-0.1, -0.05) is 253 Å². The topological polar surface area (TPSA) is 36.9 Å². The van der Waals surface area contributed by atoms with Crippen LogP contribution in [0.3, 0.4) is 0 Å². The first-order chi connectivity index (χ1) is 43.4. The highest BCUT2D eigenvalue weighted by Gasteiger charge is 2.54. The van der Waals surface area contributed by atoms with Crippen molar-refractivity contribution in [2.45, 2.75) is 289 Å². The highest BCUT2D eigenvalue weighted by Crippen LogP contribution is 2.46. The van der Waals surface area contributed by atoms with Gasteiger partial charge >= 0.3 is 14.2 Å². The van der Waals surface area contributed by atoms with Crippen LogP contribution in [0.4, 0.5) is 0 Å². The Labute approximate surface area is 576 Å². The van der Waals surface area contributed by atoms with Crippen molar-refractivity contribution in [2.24, 2.45) is 47.3 Å². The molecular formula is C84H120B2Br2O4. The van der Waals surface area contributed by atoms with Gasteiger partial charge in [-0.3, -0.25) is 0 Å². The minimum atomic E-state index is -0.435. The lowest BCUT2D eigenvalue weighted by atomic mass is 9.70. The third-order valence-corrected chi connectivity index (χ3v) is 24.0. The van der Waals surface area contributed by atoms with Gasteiger partial charge in [0.2, 0.25) is 0 Å². The molecular weight excluding hydrogens is 1250 g/mol. The van der Waals surface area contributed by atoms with E-state index < -0.39 is 36.6 Å². The molecule has 0 amide bonds. The molecule has 2 aliphatic heterocycles. The molecule has 500 valence electrons.